The number of anilines is 3. The van der Waals surface area contributed by atoms with Crippen molar-refractivity contribution in [2.75, 3.05) is 22.9 Å². The van der Waals surface area contributed by atoms with E-state index in [1.54, 1.807) is 72.9 Å². The van der Waals surface area contributed by atoms with Gasteiger partial charge in [0.1, 0.15) is 5.82 Å². The van der Waals surface area contributed by atoms with Gasteiger partial charge in [0, 0.05) is 25.4 Å². The second-order valence-electron chi connectivity index (χ2n) is 7.25. The summed E-state index contributed by atoms with van der Waals surface area (Å²) in [4.78, 5) is 43.9. The maximum Gasteiger partial charge on any atom is 0.328 e. The third-order valence-corrected chi connectivity index (χ3v) is 4.96. The van der Waals surface area contributed by atoms with Crippen molar-refractivity contribution >= 4 is 40.1 Å². The van der Waals surface area contributed by atoms with Gasteiger partial charge in [0.25, 0.3) is 5.56 Å². The molecule has 2 aromatic carbocycles. The summed E-state index contributed by atoms with van der Waals surface area (Å²) < 4.78 is 1.16. The van der Waals surface area contributed by atoms with Crippen LogP contribution in [0.2, 0.25) is 0 Å². The molecule has 0 fully saturated rings. The first-order chi connectivity index (χ1) is 16.0. The van der Waals surface area contributed by atoms with Gasteiger partial charge in [-0.05, 0) is 48.0 Å². The van der Waals surface area contributed by atoms with Crippen molar-refractivity contribution in [2.24, 2.45) is 0 Å². The molecule has 0 atom stereocenters. The van der Waals surface area contributed by atoms with E-state index in [-0.39, 0.29) is 18.0 Å². The smallest absolute Gasteiger partial charge is 0.328 e. The van der Waals surface area contributed by atoms with Crippen molar-refractivity contribution in [3.63, 3.8) is 0 Å². The van der Waals surface area contributed by atoms with Gasteiger partial charge in [0.2, 0.25) is 5.91 Å². The molecule has 9 nitrogen and oxygen atoms in total. The normalized spacial score (nSPS) is 11.0. The summed E-state index contributed by atoms with van der Waals surface area (Å²) in [6.07, 6.45) is 4.65. The number of H-pyrrole nitrogens is 1. The molecule has 2 heterocycles. The van der Waals surface area contributed by atoms with Crippen LogP contribution in [0.25, 0.3) is 17.0 Å². The lowest BCUT2D eigenvalue weighted by molar-refractivity contribution is -0.111. The van der Waals surface area contributed by atoms with E-state index in [0.717, 1.165) is 10.1 Å². The molecule has 0 radical (unpaired) electrons. The average Bonchev–Trinajstić information content (AvgIpc) is 2.82. The summed E-state index contributed by atoms with van der Waals surface area (Å²) in [5.74, 6) is 0.278. The number of hydrogen-bond acceptors (Lipinski definition) is 6. The van der Waals surface area contributed by atoms with Gasteiger partial charge in [-0.15, -0.1) is 0 Å². The van der Waals surface area contributed by atoms with E-state index < -0.39 is 5.69 Å². The van der Waals surface area contributed by atoms with Crippen molar-refractivity contribution in [1.29, 1.82) is 0 Å². The molecule has 0 bridgehead atoms. The van der Waals surface area contributed by atoms with Crippen LogP contribution in [0.15, 0.2) is 82.5 Å². The van der Waals surface area contributed by atoms with Gasteiger partial charge in [-0.1, -0.05) is 24.3 Å². The number of hydrogen-bond donors (Lipinski definition) is 4. The topological polar surface area (TPSA) is 135 Å². The van der Waals surface area contributed by atoms with Crippen LogP contribution < -0.4 is 27.6 Å². The van der Waals surface area contributed by atoms with Gasteiger partial charge in [-0.25, -0.2) is 9.78 Å². The Morgan fingerprint density at radius 2 is 1.85 bits per heavy atom. The number of pyridine rings is 1. The predicted molar refractivity (Wildman–Crippen MR) is 130 cm³/mol. The molecule has 0 saturated heterocycles. The van der Waals surface area contributed by atoms with Crippen LogP contribution >= 0.6 is 0 Å². The third kappa shape index (κ3) is 5.16. The Morgan fingerprint density at radius 3 is 2.64 bits per heavy atom. The van der Waals surface area contributed by atoms with Gasteiger partial charge < -0.3 is 21.4 Å². The van der Waals surface area contributed by atoms with E-state index in [2.05, 4.69) is 20.6 Å². The first kappa shape index (κ1) is 21.6. The van der Waals surface area contributed by atoms with Gasteiger partial charge in [-0.3, -0.25) is 14.2 Å². The predicted octanol–water partition coefficient (Wildman–Crippen LogP) is 2.43. The number of aromatic amines is 1. The van der Waals surface area contributed by atoms with E-state index >= 15 is 0 Å². The lowest BCUT2D eigenvalue weighted by atomic mass is 10.2. The van der Waals surface area contributed by atoms with Crippen LogP contribution in [-0.4, -0.2) is 27.0 Å². The minimum Gasteiger partial charge on any atom is -0.397 e. The zero-order valence-corrected chi connectivity index (χ0v) is 17.6. The Bertz CT molecular complexity index is 1440. The Labute approximate surface area is 188 Å². The Hall–Kier alpha value is -4.66. The molecule has 0 spiro atoms. The first-order valence-corrected chi connectivity index (χ1v) is 10.3. The van der Waals surface area contributed by atoms with E-state index in [9.17, 15) is 14.4 Å². The number of carbonyl (C=O) groups is 1. The number of rotatable bonds is 7. The fourth-order valence-electron chi connectivity index (χ4n) is 3.26. The average molecular weight is 442 g/mol. The monoisotopic (exact) mass is 442 g/mol. The van der Waals surface area contributed by atoms with Crippen LogP contribution in [0.3, 0.4) is 0 Å². The maximum atomic E-state index is 12.5. The molecule has 33 heavy (non-hydrogen) atoms. The second-order valence-corrected chi connectivity index (χ2v) is 7.25. The number of fused-ring (bicyclic) bond motifs is 1. The van der Waals surface area contributed by atoms with Crippen molar-refractivity contribution in [3.05, 3.63) is 99.3 Å². The number of nitrogen functional groups attached to an aromatic ring is 1. The molecule has 9 heteroatoms. The van der Waals surface area contributed by atoms with Crippen molar-refractivity contribution < 1.29 is 4.79 Å². The lowest BCUT2D eigenvalue weighted by Crippen LogP contribution is -2.36. The fraction of sp³-hybridized carbons (Fsp3) is 0.0833. The molecule has 0 saturated carbocycles. The van der Waals surface area contributed by atoms with Crippen LogP contribution in [-0.2, 0) is 11.3 Å². The summed E-state index contributed by atoms with van der Waals surface area (Å²) in [5.41, 5.74) is 7.32. The summed E-state index contributed by atoms with van der Waals surface area (Å²) in [6.45, 7) is 0.523. The molecule has 4 aromatic rings. The zero-order valence-electron chi connectivity index (χ0n) is 17.6. The van der Waals surface area contributed by atoms with Gasteiger partial charge >= 0.3 is 5.69 Å². The second kappa shape index (κ2) is 9.65. The van der Waals surface area contributed by atoms with Gasteiger partial charge in [0.05, 0.1) is 22.3 Å². The number of para-hydroxylation sites is 3. The molecule has 0 aliphatic heterocycles. The number of nitrogens with one attached hydrogen (secondary N) is 3. The van der Waals surface area contributed by atoms with E-state index in [1.165, 1.54) is 6.08 Å². The summed E-state index contributed by atoms with van der Waals surface area (Å²) >= 11 is 0. The molecule has 0 aliphatic carbocycles. The molecule has 166 valence electrons. The molecule has 2 aromatic heterocycles. The highest BCUT2D eigenvalue weighted by Gasteiger charge is 2.07. The van der Waals surface area contributed by atoms with E-state index in [1.807, 2.05) is 0 Å². The molecule has 5 N–H and O–H groups in total. The highest BCUT2D eigenvalue weighted by atomic mass is 16.2. The van der Waals surface area contributed by atoms with E-state index in [4.69, 9.17) is 5.73 Å². The number of carbonyl (C=O) groups excluding carboxylic acids is 1. The molecule has 4 rings (SSSR count). The molecule has 1 amide bonds. The van der Waals surface area contributed by atoms with Crippen LogP contribution in [0.5, 0.6) is 0 Å². The zero-order chi connectivity index (χ0) is 23.2. The molecular formula is C24H22N6O3. The highest BCUT2D eigenvalue weighted by molar-refractivity contribution is 6.03. The SMILES string of the molecule is Nc1ccccc1NC(=O)/C=C/c1ccc(NCCn2c(=O)[nH]c3ccccc3c2=O)nc1. The summed E-state index contributed by atoms with van der Waals surface area (Å²) in [6, 6.07) is 17.5. The van der Waals surface area contributed by atoms with Gasteiger partial charge in [-0.2, -0.15) is 0 Å². The van der Waals surface area contributed by atoms with Crippen LogP contribution in [0, 0.1) is 0 Å². The molecular weight excluding hydrogens is 420 g/mol. The van der Waals surface area contributed by atoms with Crippen molar-refractivity contribution in [1.82, 2.24) is 14.5 Å². The van der Waals surface area contributed by atoms with Gasteiger partial charge in [0.15, 0.2) is 0 Å². The first-order valence-electron chi connectivity index (χ1n) is 10.3. The fourth-order valence-corrected chi connectivity index (χ4v) is 3.26. The summed E-state index contributed by atoms with van der Waals surface area (Å²) in [7, 11) is 0. The number of benzene rings is 2. The minimum absolute atomic E-state index is 0.186. The minimum atomic E-state index is -0.454. The number of nitrogens with two attached hydrogens (primary N) is 1. The van der Waals surface area contributed by atoms with Crippen LogP contribution in [0.4, 0.5) is 17.2 Å². The van der Waals surface area contributed by atoms with Crippen LogP contribution in [0.1, 0.15) is 5.56 Å². The Kier molecular flexibility index (Phi) is 6.31. The standard InChI is InChI=1S/C24H22N6O3/c25-18-6-2-4-8-20(18)28-22(31)12-10-16-9-11-21(27-15-16)26-13-14-30-23(32)17-5-1-3-7-19(17)29-24(30)33/h1-12,15H,13-14,25H2,(H,26,27)(H,28,31)(H,29,33)/b12-10+. The maximum absolute atomic E-state index is 12.5. The lowest BCUT2D eigenvalue weighted by Gasteiger charge is -2.08. The highest BCUT2D eigenvalue weighted by Crippen LogP contribution is 2.16. The third-order valence-electron chi connectivity index (χ3n) is 4.96. The largest absolute Gasteiger partial charge is 0.397 e. The van der Waals surface area contributed by atoms with E-state index in [0.29, 0.717) is 34.6 Å². The molecule has 0 aliphatic rings. The Balaban J connectivity index is 1.34. The van der Waals surface area contributed by atoms with Crippen molar-refractivity contribution in [3.8, 4) is 0 Å². The number of nitrogens with zero attached hydrogens (tertiary/aromatic N) is 2. The Morgan fingerprint density at radius 1 is 1.06 bits per heavy atom. The number of amides is 1. The molecule has 0 unspecified atom stereocenters. The number of aromatic nitrogens is 3. The quantitative estimate of drug-likeness (QED) is 0.256. The summed E-state index contributed by atoms with van der Waals surface area (Å²) in [5, 5.41) is 6.27. The van der Waals surface area contributed by atoms with Crippen molar-refractivity contribution in [2.45, 2.75) is 6.54 Å².